The van der Waals surface area contributed by atoms with Gasteiger partial charge in [-0.3, -0.25) is 0 Å². The highest BCUT2D eigenvalue weighted by Crippen LogP contribution is 2.12. The first-order valence-electron chi connectivity index (χ1n) is 4.13. The zero-order valence-electron chi connectivity index (χ0n) is 7.65. The van der Waals surface area contributed by atoms with Crippen LogP contribution >= 0.6 is 0 Å². The van der Waals surface area contributed by atoms with Crippen molar-refractivity contribution in [2.75, 3.05) is 6.61 Å². The number of rotatable bonds is 4. The SMILES string of the molecule is CCC=C(C)/C(=[C]/CO)CC. The summed E-state index contributed by atoms with van der Waals surface area (Å²) in [5, 5.41) is 8.63. The van der Waals surface area contributed by atoms with Crippen LogP contribution < -0.4 is 0 Å². The van der Waals surface area contributed by atoms with Crippen LogP contribution in [0.2, 0.25) is 0 Å². The van der Waals surface area contributed by atoms with Crippen molar-refractivity contribution in [3.8, 4) is 0 Å². The van der Waals surface area contributed by atoms with Gasteiger partial charge in [-0.1, -0.05) is 25.5 Å². The van der Waals surface area contributed by atoms with Gasteiger partial charge in [-0.15, -0.1) is 0 Å². The smallest absolute Gasteiger partial charge is 0.0688 e. The first-order chi connectivity index (χ1) is 5.26. The lowest BCUT2D eigenvalue weighted by Gasteiger charge is -2.02. The largest absolute Gasteiger partial charge is 0.392 e. The molecule has 0 amide bonds. The molecule has 0 aromatic rings. The molecule has 0 unspecified atom stereocenters. The fourth-order valence-corrected chi connectivity index (χ4v) is 1.07. The molecule has 0 aromatic heterocycles. The maximum Gasteiger partial charge on any atom is 0.0688 e. The van der Waals surface area contributed by atoms with E-state index in [0.717, 1.165) is 18.4 Å². The molecule has 0 saturated carbocycles. The summed E-state index contributed by atoms with van der Waals surface area (Å²) in [6.45, 7) is 6.27. The van der Waals surface area contributed by atoms with Gasteiger partial charge in [0.15, 0.2) is 0 Å². The molecule has 0 bridgehead atoms. The first-order valence-corrected chi connectivity index (χ1v) is 4.13. The third-order valence-corrected chi connectivity index (χ3v) is 1.63. The Morgan fingerprint density at radius 3 is 2.45 bits per heavy atom. The van der Waals surface area contributed by atoms with Crippen LogP contribution in [0.3, 0.4) is 0 Å². The van der Waals surface area contributed by atoms with Gasteiger partial charge in [0.1, 0.15) is 0 Å². The van der Waals surface area contributed by atoms with E-state index in [4.69, 9.17) is 5.11 Å². The van der Waals surface area contributed by atoms with Crippen LogP contribution in [-0.4, -0.2) is 11.7 Å². The van der Waals surface area contributed by atoms with Gasteiger partial charge in [-0.2, -0.15) is 0 Å². The molecule has 0 saturated heterocycles. The lowest BCUT2D eigenvalue weighted by atomic mass is 10.0. The number of hydrogen-bond acceptors (Lipinski definition) is 1. The summed E-state index contributed by atoms with van der Waals surface area (Å²) >= 11 is 0. The van der Waals surface area contributed by atoms with Gasteiger partial charge >= 0.3 is 0 Å². The van der Waals surface area contributed by atoms with E-state index in [0.29, 0.717) is 0 Å². The predicted molar refractivity (Wildman–Crippen MR) is 48.2 cm³/mol. The molecule has 63 valence electrons. The topological polar surface area (TPSA) is 20.2 Å². The maximum atomic E-state index is 8.63. The Bertz CT molecular complexity index is 154. The van der Waals surface area contributed by atoms with Crippen molar-refractivity contribution in [1.82, 2.24) is 0 Å². The Morgan fingerprint density at radius 1 is 1.45 bits per heavy atom. The molecule has 0 aliphatic rings. The minimum absolute atomic E-state index is 0.0259. The minimum Gasteiger partial charge on any atom is -0.392 e. The zero-order chi connectivity index (χ0) is 8.69. The van der Waals surface area contributed by atoms with Gasteiger partial charge in [0.25, 0.3) is 0 Å². The highest BCUT2D eigenvalue weighted by molar-refractivity contribution is 5.26. The van der Waals surface area contributed by atoms with Crippen LogP contribution in [0, 0.1) is 6.08 Å². The van der Waals surface area contributed by atoms with E-state index in [1.165, 1.54) is 5.57 Å². The van der Waals surface area contributed by atoms with Crippen molar-refractivity contribution in [2.45, 2.75) is 33.6 Å². The Labute approximate surface area is 69.4 Å². The second-order valence-electron chi connectivity index (χ2n) is 2.46. The molecule has 0 aromatic carbocycles. The minimum atomic E-state index is 0.0259. The van der Waals surface area contributed by atoms with E-state index in [1.54, 1.807) is 0 Å². The number of aliphatic hydroxyl groups excluding tert-OH is 1. The fourth-order valence-electron chi connectivity index (χ4n) is 1.07. The summed E-state index contributed by atoms with van der Waals surface area (Å²) in [5.74, 6) is 0. The van der Waals surface area contributed by atoms with Crippen LogP contribution in [0.1, 0.15) is 33.6 Å². The number of hydrogen-bond donors (Lipinski definition) is 1. The van der Waals surface area contributed by atoms with Crippen molar-refractivity contribution >= 4 is 0 Å². The maximum absolute atomic E-state index is 8.63. The number of allylic oxidation sites excluding steroid dienone is 3. The van der Waals surface area contributed by atoms with Gasteiger partial charge in [0, 0.05) is 0 Å². The normalized spacial score (nSPS) is 13.8. The molecule has 0 aliphatic carbocycles. The molecule has 0 fully saturated rings. The Morgan fingerprint density at radius 2 is 2.09 bits per heavy atom. The van der Waals surface area contributed by atoms with Crippen LogP contribution in [0.5, 0.6) is 0 Å². The van der Waals surface area contributed by atoms with Crippen molar-refractivity contribution in [3.05, 3.63) is 23.3 Å². The van der Waals surface area contributed by atoms with Crippen LogP contribution in [0.4, 0.5) is 0 Å². The third kappa shape index (κ3) is 3.99. The average molecular weight is 153 g/mol. The van der Waals surface area contributed by atoms with Gasteiger partial charge in [0.2, 0.25) is 0 Å². The molecule has 0 spiro atoms. The lowest BCUT2D eigenvalue weighted by molar-refractivity contribution is 0.335. The van der Waals surface area contributed by atoms with Crippen LogP contribution in [0.15, 0.2) is 17.2 Å². The predicted octanol–water partition coefficient (Wildman–Crippen LogP) is 2.47. The number of aliphatic hydroxyl groups is 1. The summed E-state index contributed by atoms with van der Waals surface area (Å²) in [5.41, 5.74) is 2.37. The summed E-state index contributed by atoms with van der Waals surface area (Å²) in [7, 11) is 0. The molecular formula is C10H17O. The average Bonchev–Trinajstić information content (AvgIpc) is 2.00. The molecule has 0 aliphatic heterocycles. The lowest BCUT2D eigenvalue weighted by Crippen LogP contribution is -1.87. The monoisotopic (exact) mass is 153 g/mol. The molecule has 1 nitrogen and oxygen atoms in total. The molecule has 0 rings (SSSR count). The summed E-state index contributed by atoms with van der Waals surface area (Å²) in [6.07, 6.45) is 7.07. The van der Waals surface area contributed by atoms with Crippen molar-refractivity contribution in [2.24, 2.45) is 0 Å². The third-order valence-electron chi connectivity index (χ3n) is 1.63. The molecule has 11 heavy (non-hydrogen) atoms. The Balaban J connectivity index is 4.25. The van der Waals surface area contributed by atoms with E-state index >= 15 is 0 Å². The van der Waals surface area contributed by atoms with Crippen LogP contribution in [0.25, 0.3) is 0 Å². The van der Waals surface area contributed by atoms with E-state index < -0.39 is 0 Å². The van der Waals surface area contributed by atoms with E-state index in [2.05, 4.69) is 32.9 Å². The quantitative estimate of drug-likeness (QED) is 0.615. The Hall–Kier alpha value is -0.560. The van der Waals surface area contributed by atoms with Crippen molar-refractivity contribution < 1.29 is 5.11 Å². The molecule has 0 heterocycles. The van der Waals surface area contributed by atoms with Crippen LogP contribution in [-0.2, 0) is 0 Å². The summed E-state index contributed by atoms with van der Waals surface area (Å²) in [4.78, 5) is 0. The van der Waals surface area contributed by atoms with Gasteiger partial charge < -0.3 is 5.11 Å². The van der Waals surface area contributed by atoms with E-state index in [-0.39, 0.29) is 6.61 Å². The van der Waals surface area contributed by atoms with Gasteiger partial charge in [-0.05, 0) is 31.4 Å². The highest BCUT2D eigenvalue weighted by atomic mass is 16.2. The summed E-state index contributed by atoms with van der Waals surface area (Å²) in [6, 6.07) is 0. The van der Waals surface area contributed by atoms with E-state index in [1.807, 2.05) is 0 Å². The van der Waals surface area contributed by atoms with Gasteiger partial charge in [0.05, 0.1) is 6.61 Å². The highest BCUT2D eigenvalue weighted by Gasteiger charge is 1.94. The zero-order valence-corrected chi connectivity index (χ0v) is 7.65. The molecule has 1 radical (unpaired) electrons. The standard InChI is InChI=1S/C10H17O/c1-4-6-9(3)10(5-2)7-8-11/h6,11H,4-5,8H2,1-3H3. The second-order valence-corrected chi connectivity index (χ2v) is 2.46. The van der Waals surface area contributed by atoms with Gasteiger partial charge in [-0.25, -0.2) is 0 Å². The molecule has 1 N–H and O–H groups in total. The van der Waals surface area contributed by atoms with E-state index in [9.17, 15) is 0 Å². The van der Waals surface area contributed by atoms with Crippen molar-refractivity contribution in [3.63, 3.8) is 0 Å². The molecule has 0 atom stereocenters. The fraction of sp³-hybridized carbons (Fsp3) is 0.600. The second kappa shape index (κ2) is 6.17. The molecular weight excluding hydrogens is 136 g/mol. The summed E-state index contributed by atoms with van der Waals surface area (Å²) < 4.78 is 0. The first kappa shape index (κ1) is 10.4. The molecule has 1 heteroatoms. The van der Waals surface area contributed by atoms with Crippen molar-refractivity contribution in [1.29, 1.82) is 0 Å². The Kier molecular flexibility index (Phi) is 5.86.